The first-order chi connectivity index (χ1) is 11.1. The Morgan fingerprint density at radius 1 is 1.17 bits per heavy atom. The number of aromatic nitrogens is 2. The van der Waals surface area contributed by atoms with Crippen molar-refractivity contribution in [2.24, 2.45) is 5.73 Å². The summed E-state index contributed by atoms with van der Waals surface area (Å²) in [6.45, 7) is 0.618. The van der Waals surface area contributed by atoms with Crippen LogP contribution in [0.3, 0.4) is 0 Å². The minimum atomic E-state index is 0.224. The van der Waals surface area contributed by atoms with Crippen LogP contribution in [0.15, 0.2) is 36.4 Å². The summed E-state index contributed by atoms with van der Waals surface area (Å²) in [6, 6.07) is 11.3. The molecule has 2 aromatic carbocycles. The monoisotopic (exact) mass is 326 g/mol. The van der Waals surface area contributed by atoms with Crippen LogP contribution in [-0.4, -0.2) is 21.3 Å². The zero-order valence-electron chi connectivity index (χ0n) is 12.2. The Morgan fingerprint density at radius 3 is 2.57 bits per heavy atom. The van der Waals surface area contributed by atoms with E-state index in [1.165, 1.54) is 0 Å². The number of hydrogen-bond donors (Lipinski definition) is 2. The van der Waals surface area contributed by atoms with Crippen molar-refractivity contribution in [1.29, 1.82) is 0 Å². The Balaban J connectivity index is 1.95. The highest BCUT2D eigenvalue weighted by Crippen LogP contribution is 2.37. The van der Waals surface area contributed by atoms with E-state index in [9.17, 15) is 0 Å². The number of hydrogen-bond acceptors (Lipinski definition) is 5. The van der Waals surface area contributed by atoms with Crippen LogP contribution in [0.1, 0.15) is 0 Å². The normalized spacial score (nSPS) is 12.7. The molecule has 0 bridgehead atoms. The first kappa shape index (κ1) is 13.8. The summed E-state index contributed by atoms with van der Waals surface area (Å²) in [4.78, 5) is 5.10. The van der Waals surface area contributed by atoms with Gasteiger partial charge in [-0.1, -0.05) is 12.2 Å². The van der Waals surface area contributed by atoms with Gasteiger partial charge in [0.2, 0.25) is 6.79 Å². The first-order valence-corrected chi connectivity index (χ1v) is 7.47. The van der Waals surface area contributed by atoms with Crippen molar-refractivity contribution >= 4 is 33.9 Å². The molecule has 0 saturated carbocycles. The van der Waals surface area contributed by atoms with E-state index >= 15 is 0 Å². The molecule has 0 spiro atoms. The summed E-state index contributed by atoms with van der Waals surface area (Å²) < 4.78 is 12.9. The van der Waals surface area contributed by atoms with Crippen LogP contribution in [-0.2, 0) is 6.54 Å². The Bertz CT molecular complexity index is 918. The van der Waals surface area contributed by atoms with Gasteiger partial charge in [-0.2, -0.15) is 0 Å². The fraction of sp³-hybridized carbons (Fsp3) is 0.125. The number of fused-ring (bicyclic) bond motifs is 2. The van der Waals surface area contributed by atoms with Crippen molar-refractivity contribution in [1.82, 2.24) is 9.55 Å². The molecule has 116 valence electrons. The van der Waals surface area contributed by atoms with Crippen molar-refractivity contribution in [3.63, 3.8) is 0 Å². The lowest BCUT2D eigenvalue weighted by Crippen LogP contribution is -2.17. The number of nitrogens with two attached hydrogens (primary N) is 2. The third-order valence-electron chi connectivity index (χ3n) is 3.73. The molecule has 1 aromatic heterocycles. The molecule has 0 unspecified atom stereocenters. The number of benzene rings is 2. The fourth-order valence-corrected chi connectivity index (χ4v) is 2.81. The van der Waals surface area contributed by atoms with Gasteiger partial charge < -0.3 is 25.5 Å². The zero-order valence-corrected chi connectivity index (χ0v) is 13.0. The van der Waals surface area contributed by atoms with Crippen LogP contribution in [0.2, 0.25) is 0 Å². The molecule has 4 rings (SSSR count). The van der Waals surface area contributed by atoms with E-state index < -0.39 is 0 Å². The highest BCUT2D eigenvalue weighted by molar-refractivity contribution is 7.80. The molecule has 0 radical (unpaired) electrons. The largest absolute Gasteiger partial charge is 0.454 e. The predicted molar refractivity (Wildman–Crippen MR) is 92.5 cm³/mol. The molecule has 0 aliphatic carbocycles. The standard InChI is InChI=1S/C16H14N4O2S/c17-10-3-1-9(2-4-10)16-19-11-5-13-14(22-8-21-13)6-12(11)20(16)7-15(18)23/h1-6H,7-8,17H2,(H2,18,23). The maximum absolute atomic E-state index is 5.77. The lowest BCUT2D eigenvalue weighted by atomic mass is 10.2. The van der Waals surface area contributed by atoms with Crippen molar-refractivity contribution in [2.45, 2.75) is 6.54 Å². The van der Waals surface area contributed by atoms with Crippen molar-refractivity contribution in [3.05, 3.63) is 36.4 Å². The molecule has 2 heterocycles. The van der Waals surface area contributed by atoms with E-state index in [0.717, 1.165) is 22.4 Å². The highest BCUT2D eigenvalue weighted by atomic mass is 32.1. The van der Waals surface area contributed by atoms with Gasteiger partial charge in [0.15, 0.2) is 11.5 Å². The average Bonchev–Trinajstić information content (AvgIpc) is 3.10. The number of thiocarbonyl (C=S) groups is 1. The van der Waals surface area contributed by atoms with E-state index in [2.05, 4.69) is 0 Å². The van der Waals surface area contributed by atoms with Gasteiger partial charge >= 0.3 is 0 Å². The molecule has 6 nitrogen and oxygen atoms in total. The minimum Gasteiger partial charge on any atom is -0.454 e. The summed E-state index contributed by atoms with van der Waals surface area (Å²) in [6.07, 6.45) is 0. The molecule has 3 aromatic rings. The van der Waals surface area contributed by atoms with Crippen LogP contribution < -0.4 is 20.9 Å². The number of nitrogen functional groups attached to an aromatic ring is 1. The number of ether oxygens (including phenoxy) is 2. The SMILES string of the molecule is NC(=S)Cn1c(-c2ccc(N)cc2)nc2cc3c(cc21)OCO3. The summed E-state index contributed by atoms with van der Waals surface area (Å²) in [5, 5.41) is 0. The van der Waals surface area contributed by atoms with E-state index in [-0.39, 0.29) is 6.79 Å². The van der Waals surface area contributed by atoms with Crippen molar-refractivity contribution < 1.29 is 9.47 Å². The van der Waals surface area contributed by atoms with Gasteiger partial charge in [0.25, 0.3) is 0 Å². The first-order valence-electron chi connectivity index (χ1n) is 7.06. The van der Waals surface area contributed by atoms with Crippen LogP contribution in [0.25, 0.3) is 22.4 Å². The van der Waals surface area contributed by atoms with Gasteiger partial charge in [-0.25, -0.2) is 4.98 Å². The molecule has 4 N–H and O–H groups in total. The van der Waals surface area contributed by atoms with Crippen LogP contribution in [0.5, 0.6) is 11.5 Å². The van der Waals surface area contributed by atoms with Gasteiger partial charge in [-0.3, -0.25) is 0 Å². The van der Waals surface area contributed by atoms with Crippen molar-refractivity contribution in [2.75, 3.05) is 12.5 Å². The minimum absolute atomic E-state index is 0.224. The molecular formula is C16H14N4O2S. The quantitative estimate of drug-likeness (QED) is 0.567. The molecule has 0 fully saturated rings. The van der Waals surface area contributed by atoms with Crippen LogP contribution >= 0.6 is 12.2 Å². The summed E-state index contributed by atoms with van der Waals surface area (Å²) in [7, 11) is 0. The second-order valence-electron chi connectivity index (χ2n) is 5.30. The van der Waals surface area contributed by atoms with Gasteiger partial charge in [0, 0.05) is 23.4 Å². The lowest BCUT2D eigenvalue weighted by Gasteiger charge is -2.08. The molecule has 0 atom stereocenters. The Labute approximate surface area is 137 Å². The molecule has 7 heteroatoms. The topological polar surface area (TPSA) is 88.3 Å². The lowest BCUT2D eigenvalue weighted by molar-refractivity contribution is 0.174. The van der Waals surface area contributed by atoms with E-state index in [1.54, 1.807) is 0 Å². The molecule has 1 aliphatic heterocycles. The van der Waals surface area contributed by atoms with Gasteiger partial charge in [0.05, 0.1) is 22.6 Å². The number of anilines is 1. The average molecular weight is 326 g/mol. The third kappa shape index (κ3) is 2.35. The van der Waals surface area contributed by atoms with Crippen molar-refractivity contribution in [3.8, 4) is 22.9 Å². The van der Waals surface area contributed by atoms with Crippen LogP contribution in [0.4, 0.5) is 5.69 Å². The molecular weight excluding hydrogens is 312 g/mol. The van der Waals surface area contributed by atoms with Crippen LogP contribution in [0, 0.1) is 0 Å². The summed E-state index contributed by atoms with van der Waals surface area (Å²) >= 11 is 5.09. The third-order valence-corrected chi connectivity index (χ3v) is 3.85. The summed E-state index contributed by atoms with van der Waals surface area (Å²) in [5.41, 5.74) is 14.9. The van der Waals surface area contributed by atoms with E-state index in [0.29, 0.717) is 28.7 Å². The maximum Gasteiger partial charge on any atom is 0.231 e. The number of rotatable bonds is 3. The number of imidazole rings is 1. The van der Waals surface area contributed by atoms with E-state index in [1.807, 2.05) is 41.0 Å². The highest BCUT2D eigenvalue weighted by Gasteiger charge is 2.20. The molecule has 0 saturated heterocycles. The number of nitrogens with zero attached hydrogens (tertiary/aromatic N) is 2. The predicted octanol–water partition coefficient (Wildman–Crippen LogP) is 2.30. The maximum atomic E-state index is 5.77. The molecule has 1 aliphatic rings. The second kappa shape index (κ2) is 5.13. The van der Waals surface area contributed by atoms with Gasteiger partial charge in [-0.05, 0) is 24.3 Å². The van der Waals surface area contributed by atoms with E-state index in [4.69, 9.17) is 38.1 Å². The second-order valence-corrected chi connectivity index (χ2v) is 5.83. The fourth-order valence-electron chi connectivity index (χ4n) is 2.68. The zero-order chi connectivity index (χ0) is 16.0. The Hall–Kier alpha value is -2.80. The van der Waals surface area contributed by atoms with Gasteiger partial charge in [-0.15, -0.1) is 0 Å². The Morgan fingerprint density at radius 2 is 1.87 bits per heavy atom. The smallest absolute Gasteiger partial charge is 0.231 e. The Kier molecular flexibility index (Phi) is 3.09. The molecule has 23 heavy (non-hydrogen) atoms. The molecule has 0 amide bonds. The van der Waals surface area contributed by atoms with Gasteiger partial charge in [0.1, 0.15) is 5.82 Å². The summed E-state index contributed by atoms with van der Waals surface area (Å²) in [5.74, 6) is 2.17.